The van der Waals surface area contributed by atoms with E-state index in [9.17, 15) is 4.79 Å². The standard InChI is InChI=1S/C21H25N3O5/c25-20(24(11-14-3-4-14)12-16-2-1-9-26-16)8-7-19-22-23-21(29-19)15-5-6-17-18(10-15)28-13-27-17/h5-6,10,14,16H,1-4,7-9,11-13H2/t16-/m1/s1. The molecule has 0 bridgehead atoms. The van der Waals surface area contributed by atoms with Crippen LogP contribution >= 0.6 is 0 Å². The maximum absolute atomic E-state index is 12.8. The highest BCUT2D eigenvalue weighted by Crippen LogP contribution is 2.35. The van der Waals surface area contributed by atoms with Gasteiger partial charge in [-0.1, -0.05) is 0 Å². The zero-order valence-electron chi connectivity index (χ0n) is 16.3. The van der Waals surface area contributed by atoms with Crippen LogP contribution in [0, 0.1) is 5.92 Å². The molecule has 1 aromatic heterocycles. The molecule has 5 rings (SSSR count). The van der Waals surface area contributed by atoms with Crippen LogP contribution in [0.3, 0.4) is 0 Å². The van der Waals surface area contributed by atoms with E-state index in [1.54, 1.807) is 0 Å². The van der Waals surface area contributed by atoms with Gasteiger partial charge in [-0.05, 0) is 49.8 Å². The summed E-state index contributed by atoms with van der Waals surface area (Å²) in [6, 6.07) is 5.50. The lowest BCUT2D eigenvalue weighted by atomic mass is 10.2. The minimum atomic E-state index is 0.134. The van der Waals surface area contributed by atoms with Gasteiger partial charge >= 0.3 is 0 Å². The summed E-state index contributed by atoms with van der Waals surface area (Å²) in [6.45, 7) is 2.56. The number of aryl methyl sites for hydroxylation is 1. The van der Waals surface area contributed by atoms with Gasteiger partial charge in [-0.25, -0.2) is 0 Å². The Kier molecular flexibility index (Phi) is 5.10. The molecule has 154 valence electrons. The molecule has 2 aromatic rings. The smallest absolute Gasteiger partial charge is 0.247 e. The van der Waals surface area contributed by atoms with Crippen LogP contribution in [0.1, 0.15) is 38.0 Å². The van der Waals surface area contributed by atoms with Crippen molar-refractivity contribution in [1.82, 2.24) is 15.1 Å². The van der Waals surface area contributed by atoms with E-state index in [-0.39, 0.29) is 18.8 Å². The first-order valence-corrected chi connectivity index (χ1v) is 10.4. The van der Waals surface area contributed by atoms with E-state index in [2.05, 4.69) is 10.2 Å². The molecule has 0 N–H and O–H groups in total. The van der Waals surface area contributed by atoms with Crippen LogP contribution in [-0.4, -0.2) is 53.6 Å². The Hall–Kier alpha value is -2.61. The number of nitrogens with zero attached hydrogens (tertiary/aromatic N) is 3. The molecule has 3 aliphatic rings. The lowest BCUT2D eigenvalue weighted by Gasteiger charge is -2.25. The van der Waals surface area contributed by atoms with Crippen molar-refractivity contribution in [2.75, 3.05) is 26.5 Å². The summed E-state index contributed by atoms with van der Waals surface area (Å²) in [6.07, 6.45) is 5.54. The van der Waals surface area contributed by atoms with Crippen LogP contribution in [0.5, 0.6) is 11.5 Å². The Morgan fingerprint density at radius 3 is 2.83 bits per heavy atom. The van der Waals surface area contributed by atoms with Crippen molar-refractivity contribution in [3.8, 4) is 23.0 Å². The van der Waals surface area contributed by atoms with Gasteiger partial charge in [0.15, 0.2) is 11.5 Å². The van der Waals surface area contributed by atoms with E-state index in [0.29, 0.717) is 48.6 Å². The Bertz CT molecular complexity index is 873. The van der Waals surface area contributed by atoms with E-state index >= 15 is 0 Å². The van der Waals surface area contributed by atoms with Gasteiger partial charge in [0.25, 0.3) is 0 Å². The highest BCUT2D eigenvalue weighted by Gasteiger charge is 2.29. The first-order valence-electron chi connectivity index (χ1n) is 10.4. The van der Waals surface area contributed by atoms with Crippen molar-refractivity contribution in [1.29, 1.82) is 0 Å². The molecule has 1 amide bonds. The zero-order chi connectivity index (χ0) is 19.6. The average molecular weight is 399 g/mol. The normalized spacial score (nSPS) is 20.2. The highest BCUT2D eigenvalue weighted by molar-refractivity contribution is 5.76. The fraction of sp³-hybridized carbons (Fsp3) is 0.571. The van der Waals surface area contributed by atoms with Gasteiger partial charge in [-0.15, -0.1) is 10.2 Å². The number of rotatable bonds is 8. The van der Waals surface area contributed by atoms with Crippen LogP contribution in [0.2, 0.25) is 0 Å². The number of carbonyl (C=O) groups excluding carboxylic acids is 1. The van der Waals surface area contributed by atoms with Crippen LogP contribution < -0.4 is 9.47 Å². The Balaban J connectivity index is 1.19. The summed E-state index contributed by atoms with van der Waals surface area (Å²) in [4.78, 5) is 14.8. The molecular weight excluding hydrogens is 374 g/mol. The third-order valence-electron chi connectivity index (χ3n) is 5.62. The lowest BCUT2D eigenvalue weighted by Crippen LogP contribution is -2.38. The molecular formula is C21H25N3O5. The maximum atomic E-state index is 12.8. The van der Waals surface area contributed by atoms with Gasteiger partial charge in [-0.3, -0.25) is 4.79 Å². The molecule has 0 spiro atoms. The highest BCUT2D eigenvalue weighted by atomic mass is 16.7. The number of benzene rings is 1. The predicted molar refractivity (Wildman–Crippen MR) is 102 cm³/mol. The number of carbonyl (C=O) groups is 1. The van der Waals surface area contributed by atoms with Crippen molar-refractivity contribution in [2.45, 2.75) is 44.6 Å². The number of hydrogen-bond donors (Lipinski definition) is 0. The molecule has 0 radical (unpaired) electrons. The van der Waals surface area contributed by atoms with Gasteiger partial charge < -0.3 is 23.5 Å². The SMILES string of the molecule is O=C(CCc1nnc(-c2ccc3c(c2)OCO3)o1)N(CC1CC1)C[C@H]1CCCO1. The molecule has 2 aliphatic heterocycles. The minimum absolute atomic E-state index is 0.134. The number of aromatic nitrogens is 2. The average Bonchev–Trinajstić information content (AvgIpc) is 3.15. The van der Waals surface area contributed by atoms with Crippen LogP contribution in [-0.2, 0) is 16.0 Å². The van der Waals surface area contributed by atoms with Crippen molar-refractivity contribution in [3.63, 3.8) is 0 Å². The third kappa shape index (κ3) is 4.37. The Labute approximate surface area is 169 Å². The second kappa shape index (κ2) is 8.02. The molecule has 8 nitrogen and oxygen atoms in total. The quantitative estimate of drug-likeness (QED) is 0.674. The van der Waals surface area contributed by atoms with E-state index < -0.39 is 0 Å². The molecule has 2 fully saturated rings. The van der Waals surface area contributed by atoms with Gasteiger partial charge in [0.05, 0.1) is 6.10 Å². The number of ether oxygens (including phenoxy) is 3. The molecule has 29 heavy (non-hydrogen) atoms. The van der Waals surface area contributed by atoms with Crippen molar-refractivity contribution >= 4 is 5.91 Å². The molecule has 3 heterocycles. The summed E-state index contributed by atoms with van der Waals surface area (Å²) < 4.78 is 22.2. The summed E-state index contributed by atoms with van der Waals surface area (Å²) in [5, 5.41) is 8.23. The third-order valence-corrected chi connectivity index (χ3v) is 5.62. The first kappa shape index (κ1) is 18.4. The lowest BCUT2D eigenvalue weighted by molar-refractivity contribution is -0.133. The molecule has 1 saturated heterocycles. The van der Waals surface area contributed by atoms with Crippen molar-refractivity contribution in [3.05, 3.63) is 24.1 Å². The predicted octanol–water partition coefficient (Wildman–Crippen LogP) is 2.82. The topological polar surface area (TPSA) is 86.9 Å². The maximum Gasteiger partial charge on any atom is 0.247 e. The second-order valence-electron chi connectivity index (χ2n) is 7.95. The molecule has 0 unspecified atom stereocenters. The van der Waals surface area contributed by atoms with Gasteiger partial charge in [0.1, 0.15) is 0 Å². The Morgan fingerprint density at radius 1 is 1.10 bits per heavy atom. The first-order chi connectivity index (χ1) is 14.2. The van der Waals surface area contributed by atoms with Crippen molar-refractivity contribution in [2.24, 2.45) is 5.92 Å². The monoisotopic (exact) mass is 399 g/mol. The molecule has 1 aromatic carbocycles. The summed E-state index contributed by atoms with van der Waals surface area (Å²) >= 11 is 0. The van der Waals surface area contributed by atoms with Crippen LogP contribution in [0.4, 0.5) is 0 Å². The largest absolute Gasteiger partial charge is 0.454 e. The van der Waals surface area contributed by atoms with E-state index in [0.717, 1.165) is 31.6 Å². The number of fused-ring (bicyclic) bond motifs is 1. The summed E-state index contributed by atoms with van der Waals surface area (Å²) in [7, 11) is 0. The Morgan fingerprint density at radius 2 is 2.00 bits per heavy atom. The summed E-state index contributed by atoms with van der Waals surface area (Å²) in [5.41, 5.74) is 0.771. The van der Waals surface area contributed by atoms with E-state index in [1.807, 2.05) is 23.1 Å². The number of hydrogen-bond acceptors (Lipinski definition) is 7. The van der Waals surface area contributed by atoms with Gasteiger partial charge in [0, 0.05) is 38.1 Å². The van der Waals surface area contributed by atoms with Crippen molar-refractivity contribution < 1.29 is 23.4 Å². The van der Waals surface area contributed by atoms with Gasteiger partial charge in [0.2, 0.25) is 24.5 Å². The minimum Gasteiger partial charge on any atom is -0.454 e. The van der Waals surface area contributed by atoms with E-state index in [1.165, 1.54) is 12.8 Å². The fourth-order valence-corrected chi connectivity index (χ4v) is 3.80. The zero-order valence-corrected chi connectivity index (χ0v) is 16.3. The summed E-state index contributed by atoms with van der Waals surface area (Å²) in [5.74, 6) is 3.05. The van der Waals surface area contributed by atoms with Gasteiger partial charge in [-0.2, -0.15) is 0 Å². The second-order valence-corrected chi connectivity index (χ2v) is 7.95. The molecule has 1 saturated carbocycles. The molecule has 1 aliphatic carbocycles. The molecule has 1 atom stereocenters. The molecule has 8 heteroatoms. The van der Waals surface area contributed by atoms with E-state index in [4.69, 9.17) is 18.6 Å². The number of amides is 1. The van der Waals surface area contributed by atoms with Crippen LogP contribution in [0.15, 0.2) is 22.6 Å². The van der Waals surface area contributed by atoms with Crippen LogP contribution in [0.25, 0.3) is 11.5 Å². The fourth-order valence-electron chi connectivity index (χ4n) is 3.80.